The van der Waals surface area contributed by atoms with E-state index in [4.69, 9.17) is 5.84 Å². The van der Waals surface area contributed by atoms with Gasteiger partial charge in [-0.25, -0.2) is 0 Å². The molecular weight excluding hydrogens is 216 g/mol. The van der Waals surface area contributed by atoms with Gasteiger partial charge < -0.3 is 0 Å². The molecule has 0 aliphatic heterocycles. The third-order valence-corrected chi connectivity index (χ3v) is 5.17. The second kappa shape index (κ2) is 4.47. The first kappa shape index (κ1) is 10.8. The van der Waals surface area contributed by atoms with Gasteiger partial charge in [0.15, 0.2) is 0 Å². The van der Waals surface area contributed by atoms with Crippen LogP contribution in [0, 0.1) is 5.92 Å². The Kier molecular flexibility index (Phi) is 3.01. The van der Waals surface area contributed by atoms with Crippen molar-refractivity contribution in [1.82, 2.24) is 5.43 Å². The Hall–Kier alpha value is -0.380. The van der Waals surface area contributed by atoms with Crippen molar-refractivity contribution >= 4 is 11.3 Å². The first-order valence-corrected chi connectivity index (χ1v) is 7.28. The summed E-state index contributed by atoms with van der Waals surface area (Å²) in [5.41, 5.74) is 4.63. The Labute approximate surface area is 101 Å². The maximum atomic E-state index is 5.69. The van der Waals surface area contributed by atoms with Crippen LogP contribution in [0.2, 0.25) is 0 Å². The maximum absolute atomic E-state index is 5.69. The van der Waals surface area contributed by atoms with E-state index in [0.29, 0.717) is 6.04 Å². The normalized spacial score (nSPS) is 22.6. The van der Waals surface area contributed by atoms with Gasteiger partial charge in [0.2, 0.25) is 0 Å². The van der Waals surface area contributed by atoms with E-state index in [2.05, 4.69) is 11.5 Å². The Balaban J connectivity index is 1.84. The minimum atomic E-state index is 0.428. The van der Waals surface area contributed by atoms with Crippen LogP contribution in [0.25, 0.3) is 0 Å². The summed E-state index contributed by atoms with van der Waals surface area (Å²) in [6, 6.07) is 2.85. The van der Waals surface area contributed by atoms with Gasteiger partial charge >= 0.3 is 0 Å². The molecule has 0 saturated heterocycles. The second-order valence-electron chi connectivity index (χ2n) is 5.14. The van der Waals surface area contributed by atoms with Gasteiger partial charge in [-0.2, -0.15) is 0 Å². The topological polar surface area (TPSA) is 38.0 Å². The van der Waals surface area contributed by atoms with Gasteiger partial charge in [-0.05, 0) is 56.1 Å². The zero-order chi connectivity index (χ0) is 11.0. The number of fused-ring (bicyclic) bond motifs is 1. The minimum Gasteiger partial charge on any atom is -0.271 e. The molecule has 1 aromatic heterocycles. The lowest BCUT2D eigenvalue weighted by Crippen LogP contribution is -2.28. The number of aryl methyl sites for hydroxylation is 2. The summed E-state index contributed by atoms with van der Waals surface area (Å²) in [7, 11) is 0. The molecule has 3 rings (SSSR count). The fraction of sp³-hybridized carbons (Fsp3) is 0.692. The van der Waals surface area contributed by atoms with Gasteiger partial charge in [0.1, 0.15) is 0 Å². The fourth-order valence-corrected chi connectivity index (χ4v) is 4.14. The van der Waals surface area contributed by atoms with Gasteiger partial charge in [0.25, 0.3) is 0 Å². The third kappa shape index (κ3) is 2.04. The van der Waals surface area contributed by atoms with Crippen molar-refractivity contribution in [1.29, 1.82) is 0 Å². The van der Waals surface area contributed by atoms with E-state index in [1.54, 1.807) is 10.4 Å². The number of hydrogen-bond acceptors (Lipinski definition) is 3. The highest BCUT2D eigenvalue weighted by molar-refractivity contribution is 7.12. The third-order valence-electron chi connectivity index (χ3n) is 3.85. The zero-order valence-electron chi connectivity index (χ0n) is 9.67. The molecule has 0 spiro atoms. The van der Waals surface area contributed by atoms with Crippen molar-refractivity contribution in [2.45, 2.75) is 51.0 Å². The molecule has 2 aliphatic rings. The van der Waals surface area contributed by atoms with E-state index in [9.17, 15) is 0 Å². The van der Waals surface area contributed by atoms with Crippen molar-refractivity contribution < 1.29 is 0 Å². The summed E-state index contributed by atoms with van der Waals surface area (Å²) in [5, 5.41) is 0. The molecule has 3 heteroatoms. The van der Waals surface area contributed by atoms with E-state index < -0.39 is 0 Å². The number of nitrogens with one attached hydrogen (secondary N) is 1. The van der Waals surface area contributed by atoms with Crippen LogP contribution in [0.1, 0.15) is 53.5 Å². The molecule has 1 aromatic rings. The molecule has 16 heavy (non-hydrogen) atoms. The van der Waals surface area contributed by atoms with Crippen LogP contribution in [0.15, 0.2) is 6.07 Å². The fourth-order valence-electron chi connectivity index (χ4n) is 2.72. The minimum absolute atomic E-state index is 0.428. The highest BCUT2D eigenvalue weighted by Crippen LogP contribution is 2.44. The number of hydrazine groups is 1. The Morgan fingerprint density at radius 1 is 1.25 bits per heavy atom. The van der Waals surface area contributed by atoms with Crippen LogP contribution in [-0.2, 0) is 12.8 Å². The zero-order valence-corrected chi connectivity index (χ0v) is 10.5. The molecule has 2 aliphatic carbocycles. The lowest BCUT2D eigenvalue weighted by atomic mass is 10.1. The molecule has 1 atom stereocenters. The van der Waals surface area contributed by atoms with Crippen LogP contribution >= 0.6 is 11.3 Å². The number of nitrogens with two attached hydrogens (primary N) is 1. The SMILES string of the molecule is NNC(c1cc2c(s1)CCCCC2)C1CC1. The summed E-state index contributed by atoms with van der Waals surface area (Å²) in [6.07, 6.45) is 9.41. The summed E-state index contributed by atoms with van der Waals surface area (Å²) in [6.45, 7) is 0. The van der Waals surface area contributed by atoms with Crippen LogP contribution in [0.3, 0.4) is 0 Å². The molecule has 0 aromatic carbocycles. The second-order valence-corrected chi connectivity index (χ2v) is 6.31. The van der Waals surface area contributed by atoms with Crippen molar-refractivity contribution in [2.24, 2.45) is 11.8 Å². The summed E-state index contributed by atoms with van der Waals surface area (Å²) in [4.78, 5) is 3.12. The van der Waals surface area contributed by atoms with Crippen molar-refractivity contribution in [3.8, 4) is 0 Å². The first-order chi connectivity index (χ1) is 7.88. The lowest BCUT2D eigenvalue weighted by Gasteiger charge is -2.12. The highest BCUT2D eigenvalue weighted by atomic mass is 32.1. The predicted octanol–water partition coefficient (Wildman–Crippen LogP) is 2.93. The van der Waals surface area contributed by atoms with E-state index in [0.717, 1.165) is 5.92 Å². The Bertz CT molecular complexity index is 345. The first-order valence-electron chi connectivity index (χ1n) is 6.46. The molecule has 3 N–H and O–H groups in total. The lowest BCUT2D eigenvalue weighted by molar-refractivity contribution is 0.504. The Morgan fingerprint density at radius 2 is 2.06 bits per heavy atom. The van der Waals surface area contributed by atoms with E-state index >= 15 is 0 Å². The van der Waals surface area contributed by atoms with Crippen molar-refractivity contribution in [2.75, 3.05) is 0 Å². The van der Waals surface area contributed by atoms with Gasteiger partial charge in [-0.15, -0.1) is 11.3 Å². The monoisotopic (exact) mass is 236 g/mol. The Morgan fingerprint density at radius 3 is 2.81 bits per heavy atom. The number of hydrogen-bond donors (Lipinski definition) is 2. The number of rotatable bonds is 3. The average Bonchev–Trinajstić information content (AvgIpc) is 3.06. The van der Waals surface area contributed by atoms with Crippen LogP contribution in [0.5, 0.6) is 0 Å². The summed E-state index contributed by atoms with van der Waals surface area (Å²) < 4.78 is 0. The van der Waals surface area contributed by atoms with Gasteiger partial charge in [0, 0.05) is 9.75 Å². The summed E-state index contributed by atoms with van der Waals surface area (Å²) >= 11 is 2.01. The van der Waals surface area contributed by atoms with Crippen molar-refractivity contribution in [3.63, 3.8) is 0 Å². The molecular formula is C13H20N2S. The highest BCUT2D eigenvalue weighted by Gasteiger charge is 2.33. The molecule has 0 bridgehead atoms. The van der Waals surface area contributed by atoms with Crippen LogP contribution in [0.4, 0.5) is 0 Å². The smallest absolute Gasteiger partial charge is 0.0581 e. The predicted molar refractivity (Wildman–Crippen MR) is 68.4 cm³/mol. The van der Waals surface area contributed by atoms with Crippen LogP contribution in [-0.4, -0.2) is 0 Å². The maximum Gasteiger partial charge on any atom is 0.0581 e. The largest absolute Gasteiger partial charge is 0.271 e. The molecule has 1 heterocycles. The quantitative estimate of drug-likeness (QED) is 0.481. The molecule has 1 saturated carbocycles. The van der Waals surface area contributed by atoms with Gasteiger partial charge in [-0.1, -0.05) is 6.42 Å². The van der Waals surface area contributed by atoms with Crippen LogP contribution < -0.4 is 11.3 Å². The number of thiophene rings is 1. The summed E-state index contributed by atoms with van der Waals surface area (Å²) in [5.74, 6) is 6.49. The van der Waals surface area contributed by atoms with Crippen molar-refractivity contribution in [3.05, 3.63) is 21.4 Å². The van der Waals surface area contributed by atoms with Gasteiger partial charge in [-0.3, -0.25) is 11.3 Å². The molecule has 1 unspecified atom stereocenters. The molecule has 0 radical (unpaired) electrons. The molecule has 0 amide bonds. The molecule has 2 nitrogen and oxygen atoms in total. The van der Waals surface area contributed by atoms with E-state index in [1.165, 1.54) is 49.8 Å². The average molecular weight is 236 g/mol. The van der Waals surface area contributed by atoms with E-state index in [-0.39, 0.29) is 0 Å². The van der Waals surface area contributed by atoms with E-state index in [1.807, 2.05) is 11.3 Å². The molecule has 1 fully saturated rings. The standard InChI is InChI=1S/C13H20N2S/c14-15-13(9-6-7-9)12-8-10-4-2-1-3-5-11(10)16-12/h8-9,13,15H,1-7,14H2. The van der Waals surface area contributed by atoms with Gasteiger partial charge in [0.05, 0.1) is 6.04 Å². The molecule has 88 valence electrons.